The Hall–Kier alpha value is -2.18. The number of nitrogens with zero attached hydrogens (tertiary/aromatic N) is 3. The van der Waals surface area contributed by atoms with Crippen LogP contribution in [0.25, 0.3) is 10.9 Å². The number of H-pyrrole nitrogens is 1. The summed E-state index contributed by atoms with van der Waals surface area (Å²) >= 11 is 1.80. The molecule has 3 aromatic rings. The monoisotopic (exact) mass is 354 g/mol. The number of carbonyl (C=O) groups excluding carboxylic acids is 1. The van der Waals surface area contributed by atoms with Crippen molar-refractivity contribution in [3.63, 3.8) is 0 Å². The second kappa shape index (κ2) is 7.37. The summed E-state index contributed by atoms with van der Waals surface area (Å²) in [6.07, 6.45) is 1.42. The highest BCUT2D eigenvalue weighted by Crippen LogP contribution is 2.17. The summed E-state index contributed by atoms with van der Waals surface area (Å²) in [6.45, 7) is 4.62. The summed E-state index contributed by atoms with van der Waals surface area (Å²) in [5.41, 5.74) is 1.84. The van der Waals surface area contributed by atoms with Gasteiger partial charge in [0.1, 0.15) is 0 Å². The van der Waals surface area contributed by atoms with E-state index in [2.05, 4.69) is 32.6 Å². The van der Waals surface area contributed by atoms with Crippen LogP contribution in [-0.2, 0) is 17.8 Å². The molecule has 0 spiro atoms. The number of aromatic nitrogens is 2. The summed E-state index contributed by atoms with van der Waals surface area (Å²) < 4.78 is 0. The van der Waals surface area contributed by atoms with Gasteiger partial charge < -0.3 is 4.90 Å². The Morgan fingerprint density at radius 1 is 1.12 bits per heavy atom. The molecule has 130 valence electrons. The number of para-hydroxylation sites is 1. The van der Waals surface area contributed by atoms with Gasteiger partial charge in [0.05, 0.1) is 17.6 Å². The molecule has 0 aliphatic carbocycles. The largest absolute Gasteiger partial charge is 0.341 e. The smallest absolute Gasteiger partial charge is 0.228 e. The minimum absolute atomic E-state index is 0.187. The van der Waals surface area contributed by atoms with E-state index in [1.54, 1.807) is 11.3 Å². The molecule has 1 fully saturated rings. The van der Waals surface area contributed by atoms with Crippen molar-refractivity contribution in [2.24, 2.45) is 0 Å². The Labute approximate surface area is 151 Å². The third-order valence-corrected chi connectivity index (χ3v) is 5.63. The average molecular weight is 354 g/mol. The number of amides is 1. The molecule has 3 heterocycles. The van der Waals surface area contributed by atoms with Crippen LogP contribution in [0.1, 0.15) is 17.0 Å². The van der Waals surface area contributed by atoms with Gasteiger partial charge >= 0.3 is 0 Å². The lowest BCUT2D eigenvalue weighted by atomic mass is 10.1. The maximum Gasteiger partial charge on any atom is 0.228 e. The van der Waals surface area contributed by atoms with E-state index in [1.165, 1.54) is 4.88 Å². The number of thiophene rings is 1. The first-order chi connectivity index (χ1) is 12.3. The van der Waals surface area contributed by atoms with Crippen molar-refractivity contribution in [3.05, 3.63) is 52.3 Å². The number of rotatable bonds is 4. The highest BCUT2D eigenvalue weighted by Gasteiger charge is 2.20. The van der Waals surface area contributed by atoms with Gasteiger partial charge in [0.25, 0.3) is 0 Å². The van der Waals surface area contributed by atoms with Gasteiger partial charge in [0, 0.05) is 43.0 Å². The van der Waals surface area contributed by atoms with Gasteiger partial charge in [-0.3, -0.25) is 14.8 Å². The van der Waals surface area contributed by atoms with Crippen LogP contribution in [0.5, 0.6) is 0 Å². The van der Waals surface area contributed by atoms with Gasteiger partial charge in [-0.2, -0.15) is 5.10 Å². The predicted octanol–water partition coefficient (Wildman–Crippen LogP) is 2.90. The Morgan fingerprint density at radius 3 is 2.92 bits per heavy atom. The number of benzene rings is 1. The number of carbonyl (C=O) groups is 1. The van der Waals surface area contributed by atoms with Gasteiger partial charge in [-0.05, 0) is 23.9 Å². The number of aromatic amines is 1. The standard InChI is InChI=1S/C19H22N4OS/c24-19(13-18-16-6-1-2-7-17(16)20-21-18)23-9-4-8-22(10-11-23)14-15-5-3-12-25-15/h1-3,5-7,12H,4,8-11,13-14H2,(H,20,21). The van der Waals surface area contributed by atoms with E-state index in [-0.39, 0.29) is 5.91 Å². The average Bonchev–Trinajstić information content (AvgIpc) is 3.21. The molecule has 0 radical (unpaired) electrons. The molecule has 0 unspecified atom stereocenters. The third-order valence-electron chi connectivity index (χ3n) is 4.77. The molecular weight excluding hydrogens is 332 g/mol. The Bertz CT molecular complexity index is 842. The molecule has 2 aromatic heterocycles. The van der Waals surface area contributed by atoms with Crippen molar-refractivity contribution in [1.29, 1.82) is 0 Å². The van der Waals surface area contributed by atoms with E-state index in [4.69, 9.17) is 0 Å². The number of hydrogen-bond donors (Lipinski definition) is 1. The predicted molar refractivity (Wildman–Crippen MR) is 101 cm³/mol. The molecule has 1 aliphatic heterocycles. The molecule has 1 aliphatic rings. The van der Waals surface area contributed by atoms with E-state index in [0.29, 0.717) is 6.42 Å². The maximum atomic E-state index is 12.7. The molecule has 1 saturated heterocycles. The van der Waals surface area contributed by atoms with Crippen molar-refractivity contribution >= 4 is 28.1 Å². The zero-order valence-corrected chi connectivity index (χ0v) is 15.0. The minimum Gasteiger partial charge on any atom is -0.341 e. The van der Waals surface area contributed by atoms with Gasteiger partial charge in [0.15, 0.2) is 0 Å². The van der Waals surface area contributed by atoms with Crippen LogP contribution in [0.4, 0.5) is 0 Å². The van der Waals surface area contributed by atoms with E-state index >= 15 is 0 Å². The van der Waals surface area contributed by atoms with Gasteiger partial charge in [-0.1, -0.05) is 24.3 Å². The maximum absolute atomic E-state index is 12.7. The van der Waals surface area contributed by atoms with Gasteiger partial charge in [-0.25, -0.2) is 0 Å². The van der Waals surface area contributed by atoms with Crippen LogP contribution in [0.15, 0.2) is 41.8 Å². The van der Waals surface area contributed by atoms with E-state index in [1.807, 2.05) is 29.2 Å². The Balaban J connectivity index is 1.37. The highest BCUT2D eigenvalue weighted by molar-refractivity contribution is 7.09. The van der Waals surface area contributed by atoms with E-state index < -0.39 is 0 Å². The zero-order chi connectivity index (χ0) is 17.1. The molecule has 1 N–H and O–H groups in total. The van der Waals surface area contributed by atoms with E-state index in [9.17, 15) is 4.79 Å². The van der Waals surface area contributed by atoms with Crippen LogP contribution in [0.2, 0.25) is 0 Å². The lowest BCUT2D eigenvalue weighted by Gasteiger charge is -2.21. The van der Waals surface area contributed by atoms with Crippen molar-refractivity contribution in [3.8, 4) is 0 Å². The quantitative estimate of drug-likeness (QED) is 0.784. The first-order valence-electron chi connectivity index (χ1n) is 8.74. The Kier molecular flexibility index (Phi) is 4.81. The van der Waals surface area contributed by atoms with Gasteiger partial charge in [-0.15, -0.1) is 11.3 Å². The molecular formula is C19H22N4OS. The summed E-state index contributed by atoms with van der Waals surface area (Å²) in [7, 11) is 0. The van der Waals surface area contributed by atoms with Crippen molar-refractivity contribution < 1.29 is 4.79 Å². The topological polar surface area (TPSA) is 52.2 Å². The molecule has 0 bridgehead atoms. The molecule has 1 aromatic carbocycles. The highest BCUT2D eigenvalue weighted by atomic mass is 32.1. The van der Waals surface area contributed by atoms with Crippen molar-refractivity contribution in [1.82, 2.24) is 20.0 Å². The molecule has 6 heteroatoms. The van der Waals surface area contributed by atoms with Crippen LogP contribution in [0.3, 0.4) is 0 Å². The SMILES string of the molecule is O=C(Cc1[nH]nc2ccccc12)N1CCCN(Cc2cccs2)CC1. The number of fused-ring (bicyclic) bond motifs is 1. The molecule has 25 heavy (non-hydrogen) atoms. The molecule has 5 nitrogen and oxygen atoms in total. The van der Waals surface area contributed by atoms with Gasteiger partial charge in [0.2, 0.25) is 5.91 Å². The number of hydrogen-bond acceptors (Lipinski definition) is 4. The summed E-state index contributed by atoms with van der Waals surface area (Å²) in [4.78, 5) is 18.6. The number of nitrogens with one attached hydrogen (secondary N) is 1. The molecule has 4 rings (SSSR count). The Morgan fingerprint density at radius 2 is 2.04 bits per heavy atom. The fourth-order valence-electron chi connectivity index (χ4n) is 3.41. The van der Waals surface area contributed by atoms with Crippen LogP contribution in [-0.4, -0.2) is 52.1 Å². The van der Waals surface area contributed by atoms with Crippen molar-refractivity contribution in [2.45, 2.75) is 19.4 Å². The van der Waals surface area contributed by atoms with Crippen LogP contribution in [0, 0.1) is 0 Å². The molecule has 0 atom stereocenters. The third kappa shape index (κ3) is 3.75. The lowest BCUT2D eigenvalue weighted by Crippen LogP contribution is -2.36. The second-order valence-electron chi connectivity index (χ2n) is 6.49. The normalized spacial score (nSPS) is 16.2. The first kappa shape index (κ1) is 16.3. The fraction of sp³-hybridized carbons (Fsp3) is 0.368. The second-order valence-corrected chi connectivity index (χ2v) is 7.52. The summed E-state index contributed by atoms with van der Waals surface area (Å²) in [5.74, 6) is 0.187. The molecule has 1 amide bonds. The first-order valence-corrected chi connectivity index (χ1v) is 9.62. The minimum atomic E-state index is 0.187. The van der Waals surface area contributed by atoms with Crippen LogP contribution >= 0.6 is 11.3 Å². The lowest BCUT2D eigenvalue weighted by molar-refractivity contribution is -0.130. The molecule has 0 saturated carbocycles. The summed E-state index contributed by atoms with van der Waals surface area (Å²) in [5, 5.41) is 10.5. The van der Waals surface area contributed by atoms with E-state index in [0.717, 1.165) is 55.7 Å². The fourth-order valence-corrected chi connectivity index (χ4v) is 4.16. The summed E-state index contributed by atoms with van der Waals surface area (Å²) in [6, 6.07) is 12.2. The zero-order valence-electron chi connectivity index (χ0n) is 14.1. The van der Waals surface area contributed by atoms with Crippen molar-refractivity contribution in [2.75, 3.05) is 26.2 Å². The van der Waals surface area contributed by atoms with Crippen LogP contribution < -0.4 is 0 Å².